The minimum Gasteiger partial charge on any atom is -0.508 e. The van der Waals surface area contributed by atoms with Gasteiger partial charge in [0.2, 0.25) is 0 Å². The van der Waals surface area contributed by atoms with Crippen molar-refractivity contribution in [1.29, 1.82) is 0 Å². The number of aliphatic hydroxyl groups is 1. The molecule has 0 radical (unpaired) electrons. The summed E-state index contributed by atoms with van der Waals surface area (Å²) in [6.07, 6.45) is 5.36. The van der Waals surface area contributed by atoms with E-state index in [1.165, 1.54) is 12.8 Å². The van der Waals surface area contributed by atoms with Gasteiger partial charge in [0.25, 0.3) is 0 Å². The van der Waals surface area contributed by atoms with Crippen molar-refractivity contribution in [1.82, 2.24) is 15.5 Å². The molecule has 0 spiro atoms. The van der Waals surface area contributed by atoms with Crippen LogP contribution in [-0.2, 0) is 4.79 Å². The number of likely N-dealkylation sites (N-methyl/N-ethyl adjacent to an activating group) is 2. The lowest BCUT2D eigenvalue weighted by Gasteiger charge is -2.28. The average molecular weight is 414 g/mol. The Hall–Kier alpha value is -1.59. The smallest absolute Gasteiger partial charge is 0.142 e. The van der Waals surface area contributed by atoms with Crippen molar-refractivity contribution in [3.8, 4) is 0 Å². The van der Waals surface area contributed by atoms with Crippen LogP contribution in [-0.4, -0.2) is 56.6 Å². The molecular formula is C24H51N3O2. The molecule has 1 unspecified atom stereocenters. The Kier molecular flexibility index (Phi) is 27.3. The van der Waals surface area contributed by atoms with Crippen LogP contribution in [0.25, 0.3) is 0 Å². The molecule has 0 aromatic carbocycles. The predicted molar refractivity (Wildman–Crippen MR) is 132 cm³/mol. The number of carbonyl (C=O) groups excluding carboxylic acids is 1. The Morgan fingerprint density at radius 1 is 1.10 bits per heavy atom. The second-order valence-electron chi connectivity index (χ2n) is 8.27. The van der Waals surface area contributed by atoms with Gasteiger partial charge in [-0.3, -0.25) is 0 Å². The Bertz CT molecular complexity index is 434. The number of nitrogens with one attached hydrogen (secondary N) is 2. The zero-order valence-electron chi connectivity index (χ0n) is 21.3. The summed E-state index contributed by atoms with van der Waals surface area (Å²) in [5.74, 6) is 0.154. The number of hydrogen-bond acceptors (Lipinski definition) is 5. The monoisotopic (exact) mass is 413 g/mol. The first kappa shape index (κ1) is 34.9. The van der Waals surface area contributed by atoms with Gasteiger partial charge in [-0.2, -0.15) is 0 Å². The third kappa shape index (κ3) is 31.3. The largest absolute Gasteiger partial charge is 0.508 e. The second kappa shape index (κ2) is 22.7. The molecule has 0 saturated heterocycles. The quantitative estimate of drug-likeness (QED) is 0.285. The van der Waals surface area contributed by atoms with Crippen LogP contribution >= 0.6 is 0 Å². The van der Waals surface area contributed by atoms with E-state index in [1.807, 2.05) is 59.8 Å². The lowest BCUT2D eigenvalue weighted by molar-refractivity contribution is -0.111. The summed E-state index contributed by atoms with van der Waals surface area (Å²) in [5.41, 5.74) is 1.61. The Morgan fingerprint density at radius 3 is 1.76 bits per heavy atom. The molecule has 5 nitrogen and oxygen atoms in total. The van der Waals surface area contributed by atoms with Gasteiger partial charge in [0.05, 0.1) is 6.04 Å². The molecule has 0 aromatic rings. The third-order valence-electron chi connectivity index (χ3n) is 3.04. The Morgan fingerprint density at radius 2 is 1.52 bits per heavy atom. The minimum absolute atomic E-state index is 0.0710. The van der Waals surface area contributed by atoms with Gasteiger partial charge in [-0.15, -0.1) is 0 Å². The zero-order valence-corrected chi connectivity index (χ0v) is 21.3. The van der Waals surface area contributed by atoms with Crippen LogP contribution in [0.15, 0.2) is 36.3 Å². The lowest BCUT2D eigenvalue weighted by atomic mass is 9.87. The van der Waals surface area contributed by atoms with Crippen molar-refractivity contribution in [2.24, 2.45) is 5.41 Å². The van der Waals surface area contributed by atoms with Crippen LogP contribution in [0.2, 0.25) is 0 Å². The molecule has 1 atom stereocenters. The SMILES string of the molecule is C=C(CNC)NC(C=O)C(C)(C)C.C=C(O)/C(C)=C/CN(C)C.CCC.CCC. The molecule has 0 aliphatic carbocycles. The maximum atomic E-state index is 10.8. The Labute approximate surface area is 182 Å². The molecule has 0 amide bonds. The van der Waals surface area contributed by atoms with Gasteiger partial charge in [-0.05, 0) is 39.1 Å². The second-order valence-corrected chi connectivity index (χ2v) is 8.27. The molecule has 0 bridgehead atoms. The van der Waals surface area contributed by atoms with Crippen molar-refractivity contribution in [3.63, 3.8) is 0 Å². The van der Waals surface area contributed by atoms with E-state index in [1.54, 1.807) is 0 Å². The average Bonchev–Trinajstić information content (AvgIpc) is 2.58. The normalized spacial score (nSPS) is 11.5. The van der Waals surface area contributed by atoms with E-state index in [-0.39, 0.29) is 17.2 Å². The van der Waals surface area contributed by atoms with E-state index in [0.717, 1.165) is 24.1 Å². The first-order chi connectivity index (χ1) is 13.3. The number of carbonyl (C=O) groups is 1. The molecule has 5 heteroatoms. The fourth-order valence-electron chi connectivity index (χ4n) is 1.38. The van der Waals surface area contributed by atoms with Crippen molar-refractivity contribution < 1.29 is 9.90 Å². The molecule has 0 aromatic heterocycles. The molecule has 0 rings (SSSR count). The summed E-state index contributed by atoms with van der Waals surface area (Å²) in [4.78, 5) is 12.8. The molecule has 0 saturated carbocycles. The molecule has 29 heavy (non-hydrogen) atoms. The number of rotatable bonds is 8. The van der Waals surface area contributed by atoms with Crippen LogP contribution in [0, 0.1) is 5.41 Å². The van der Waals surface area contributed by atoms with Gasteiger partial charge in [0, 0.05) is 18.8 Å². The highest BCUT2D eigenvalue weighted by Crippen LogP contribution is 2.18. The van der Waals surface area contributed by atoms with E-state index in [4.69, 9.17) is 5.11 Å². The molecule has 0 aliphatic rings. The van der Waals surface area contributed by atoms with E-state index in [2.05, 4.69) is 51.5 Å². The van der Waals surface area contributed by atoms with Crippen LogP contribution < -0.4 is 10.6 Å². The predicted octanol–water partition coefficient (Wildman–Crippen LogP) is 5.32. The minimum atomic E-state index is -0.173. The van der Waals surface area contributed by atoms with E-state index < -0.39 is 0 Å². The van der Waals surface area contributed by atoms with Crippen LogP contribution in [0.3, 0.4) is 0 Å². The maximum Gasteiger partial charge on any atom is 0.142 e. The van der Waals surface area contributed by atoms with Gasteiger partial charge in [-0.25, -0.2) is 0 Å². The molecular weight excluding hydrogens is 362 g/mol. The first-order valence-corrected chi connectivity index (χ1v) is 10.5. The summed E-state index contributed by atoms with van der Waals surface area (Å²) in [6, 6.07) is -0.173. The molecule has 0 fully saturated rings. The summed E-state index contributed by atoms with van der Waals surface area (Å²) >= 11 is 0. The van der Waals surface area contributed by atoms with Crippen molar-refractivity contribution in [2.75, 3.05) is 34.2 Å². The molecule has 174 valence electrons. The fraction of sp³-hybridized carbons (Fsp3) is 0.708. The van der Waals surface area contributed by atoms with Crippen molar-refractivity contribution in [2.45, 2.75) is 74.3 Å². The number of nitrogens with zero attached hydrogens (tertiary/aromatic N) is 1. The summed E-state index contributed by atoms with van der Waals surface area (Å²) in [6.45, 7) is 25.1. The highest BCUT2D eigenvalue weighted by Gasteiger charge is 2.23. The van der Waals surface area contributed by atoms with Crippen LogP contribution in [0.5, 0.6) is 0 Å². The van der Waals surface area contributed by atoms with E-state index in [0.29, 0.717) is 6.54 Å². The van der Waals surface area contributed by atoms with Gasteiger partial charge in [0.1, 0.15) is 12.0 Å². The van der Waals surface area contributed by atoms with Crippen molar-refractivity contribution in [3.05, 3.63) is 36.3 Å². The molecule has 0 aliphatic heterocycles. The highest BCUT2D eigenvalue weighted by atomic mass is 16.3. The summed E-state index contributed by atoms with van der Waals surface area (Å²) in [7, 11) is 5.80. The molecule has 3 N–H and O–H groups in total. The van der Waals surface area contributed by atoms with Crippen LogP contribution in [0.4, 0.5) is 0 Å². The fourth-order valence-corrected chi connectivity index (χ4v) is 1.38. The van der Waals surface area contributed by atoms with Gasteiger partial charge in [0.15, 0.2) is 0 Å². The third-order valence-corrected chi connectivity index (χ3v) is 3.04. The highest BCUT2D eigenvalue weighted by molar-refractivity contribution is 5.59. The van der Waals surface area contributed by atoms with E-state index >= 15 is 0 Å². The van der Waals surface area contributed by atoms with Crippen LogP contribution in [0.1, 0.15) is 68.2 Å². The molecule has 0 heterocycles. The topological polar surface area (TPSA) is 64.6 Å². The number of aldehydes is 1. The lowest BCUT2D eigenvalue weighted by Crippen LogP contribution is -2.42. The van der Waals surface area contributed by atoms with Crippen molar-refractivity contribution >= 4 is 6.29 Å². The summed E-state index contributed by atoms with van der Waals surface area (Å²) < 4.78 is 0. The number of aliphatic hydroxyl groups excluding tert-OH is 1. The van der Waals surface area contributed by atoms with Gasteiger partial charge >= 0.3 is 0 Å². The zero-order chi connectivity index (χ0) is 24.0. The standard InChI is InChI=1S/C10H20N2O.C8H15NO.2C3H8/c1-8(6-11-5)12-9(7-13)10(2,3)4;1-7(8(2)10)5-6-9(3)4;2*1-3-2/h7,9,11-12H,1,6H2,2-5H3;5,10H,2,6H2,1,3-4H3;2*3H2,1-2H3/b;7-5+;;. The van der Waals surface area contributed by atoms with Gasteiger partial charge < -0.3 is 25.4 Å². The Balaban J connectivity index is -0.000000172. The summed E-state index contributed by atoms with van der Waals surface area (Å²) in [5, 5.41) is 14.9. The van der Waals surface area contributed by atoms with Gasteiger partial charge in [-0.1, -0.05) is 80.5 Å². The first-order valence-electron chi connectivity index (χ1n) is 10.5. The van der Waals surface area contributed by atoms with E-state index in [9.17, 15) is 4.79 Å². The number of hydrogen-bond donors (Lipinski definition) is 3. The maximum absolute atomic E-state index is 10.8. The number of allylic oxidation sites excluding steroid dienone is 1.